The van der Waals surface area contributed by atoms with Gasteiger partial charge >= 0.3 is 0 Å². The van der Waals surface area contributed by atoms with E-state index in [4.69, 9.17) is 9.97 Å². The van der Waals surface area contributed by atoms with E-state index in [0.29, 0.717) is 6.54 Å². The van der Waals surface area contributed by atoms with Crippen LogP contribution >= 0.6 is 0 Å². The number of hydrogen-bond acceptors (Lipinski definition) is 4. The topological polar surface area (TPSA) is 32.3 Å². The molecule has 0 fully saturated rings. The molecule has 0 saturated heterocycles. The van der Waals surface area contributed by atoms with Crippen LogP contribution in [-0.4, -0.2) is 23.1 Å². The van der Waals surface area contributed by atoms with Crippen molar-refractivity contribution in [2.75, 3.05) is 22.9 Å². The van der Waals surface area contributed by atoms with E-state index in [9.17, 15) is 4.39 Å². The SMILES string of the molecule is CCN(c1nc(C)c2c(n1)N(Cc1cccc(F)c1)CC2)c1c(C)cc(C)cc1C. The number of nitrogens with zero attached hydrogens (tertiary/aromatic N) is 4. The summed E-state index contributed by atoms with van der Waals surface area (Å²) in [7, 11) is 0. The van der Waals surface area contributed by atoms with Crippen LogP contribution in [0.5, 0.6) is 0 Å². The molecular weight excluding hydrogens is 375 g/mol. The van der Waals surface area contributed by atoms with Crippen molar-refractivity contribution in [2.24, 2.45) is 0 Å². The number of hydrogen-bond donors (Lipinski definition) is 0. The highest BCUT2D eigenvalue weighted by Crippen LogP contribution is 2.35. The zero-order valence-electron chi connectivity index (χ0n) is 18.5. The summed E-state index contributed by atoms with van der Waals surface area (Å²) in [5, 5.41) is 0. The van der Waals surface area contributed by atoms with Gasteiger partial charge in [-0.3, -0.25) is 0 Å². The van der Waals surface area contributed by atoms with Gasteiger partial charge in [0, 0.05) is 36.6 Å². The maximum Gasteiger partial charge on any atom is 0.232 e. The molecule has 1 aliphatic rings. The lowest BCUT2D eigenvalue weighted by Gasteiger charge is -2.27. The van der Waals surface area contributed by atoms with Crippen molar-refractivity contribution in [3.63, 3.8) is 0 Å². The average Bonchev–Trinajstić information content (AvgIpc) is 3.08. The van der Waals surface area contributed by atoms with Gasteiger partial charge in [-0.25, -0.2) is 9.37 Å². The molecule has 4 nitrogen and oxygen atoms in total. The molecule has 0 bridgehead atoms. The van der Waals surface area contributed by atoms with Crippen LogP contribution in [0.1, 0.15) is 40.4 Å². The highest BCUT2D eigenvalue weighted by molar-refractivity contribution is 5.68. The third-order valence-corrected chi connectivity index (χ3v) is 5.84. The van der Waals surface area contributed by atoms with E-state index in [1.54, 1.807) is 12.1 Å². The van der Waals surface area contributed by atoms with Gasteiger partial charge in [-0.1, -0.05) is 29.8 Å². The van der Waals surface area contributed by atoms with Gasteiger partial charge in [0.05, 0.1) is 0 Å². The predicted octanol–water partition coefficient (Wildman–Crippen LogP) is 5.57. The zero-order valence-corrected chi connectivity index (χ0v) is 18.5. The molecule has 1 aromatic heterocycles. The van der Waals surface area contributed by atoms with E-state index < -0.39 is 0 Å². The molecule has 0 amide bonds. The van der Waals surface area contributed by atoms with Crippen LogP contribution in [0.15, 0.2) is 36.4 Å². The number of benzene rings is 2. The Morgan fingerprint density at radius 3 is 2.43 bits per heavy atom. The maximum atomic E-state index is 13.7. The normalized spacial score (nSPS) is 12.9. The second-order valence-electron chi connectivity index (χ2n) is 8.20. The standard InChI is InChI=1S/C25H29FN4/c1-6-30(23-17(3)12-16(2)13-18(23)4)25-27-19(5)22-10-11-29(24(22)28-25)15-20-8-7-9-21(26)14-20/h7-9,12-14H,6,10-11,15H2,1-5H3. The summed E-state index contributed by atoms with van der Waals surface area (Å²) in [6, 6.07) is 11.2. The second kappa shape index (κ2) is 8.05. The van der Waals surface area contributed by atoms with E-state index in [2.05, 4.69) is 56.6 Å². The molecule has 2 heterocycles. The van der Waals surface area contributed by atoms with Crippen molar-refractivity contribution in [1.29, 1.82) is 0 Å². The predicted molar refractivity (Wildman–Crippen MR) is 121 cm³/mol. The Morgan fingerprint density at radius 1 is 1.03 bits per heavy atom. The molecule has 4 rings (SSSR count). The first-order valence-electron chi connectivity index (χ1n) is 10.6. The number of aromatic nitrogens is 2. The van der Waals surface area contributed by atoms with Gasteiger partial charge in [-0.15, -0.1) is 0 Å². The lowest BCUT2D eigenvalue weighted by atomic mass is 10.0. The number of halogens is 1. The molecule has 0 radical (unpaired) electrons. The largest absolute Gasteiger partial charge is 0.352 e. The van der Waals surface area contributed by atoms with Gasteiger partial charge in [0.1, 0.15) is 11.6 Å². The van der Waals surface area contributed by atoms with Crippen molar-refractivity contribution in [2.45, 2.75) is 47.6 Å². The summed E-state index contributed by atoms with van der Waals surface area (Å²) in [6.07, 6.45) is 0.922. The van der Waals surface area contributed by atoms with Gasteiger partial charge in [-0.05, 0) is 69.9 Å². The molecule has 0 spiro atoms. The lowest BCUT2D eigenvalue weighted by molar-refractivity contribution is 0.624. The molecule has 156 valence electrons. The van der Waals surface area contributed by atoms with Crippen LogP contribution in [0.25, 0.3) is 0 Å². The first-order valence-corrected chi connectivity index (χ1v) is 10.6. The Balaban J connectivity index is 1.73. The summed E-state index contributed by atoms with van der Waals surface area (Å²) in [4.78, 5) is 14.3. The van der Waals surface area contributed by atoms with Gasteiger partial charge in [0.15, 0.2) is 0 Å². The summed E-state index contributed by atoms with van der Waals surface area (Å²) in [5.41, 5.74) is 8.08. The first-order chi connectivity index (χ1) is 14.4. The van der Waals surface area contributed by atoms with E-state index in [1.165, 1.54) is 34.0 Å². The fraction of sp³-hybridized carbons (Fsp3) is 0.360. The monoisotopic (exact) mass is 404 g/mol. The van der Waals surface area contributed by atoms with Crippen molar-refractivity contribution in [3.8, 4) is 0 Å². The van der Waals surface area contributed by atoms with E-state index in [0.717, 1.165) is 42.5 Å². The minimum absolute atomic E-state index is 0.200. The van der Waals surface area contributed by atoms with E-state index in [1.807, 2.05) is 6.07 Å². The molecule has 3 aromatic rings. The van der Waals surface area contributed by atoms with Crippen molar-refractivity contribution >= 4 is 17.5 Å². The average molecular weight is 405 g/mol. The number of rotatable bonds is 5. The van der Waals surface area contributed by atoms with Crippen molar-refractivity contribution in [1.82, 2.24) is 9.97 Å². The van der Waals surface area contributed by atoms with Crippen LogP contribution in [0.3, 0.4) is 0 Å². The van der Waals surface area contributed by atoms with Crippen LogP contribution in [0, 0.1) is 33.5 Å². The molecule has 1 aliphatic heterocycles. The Hall–Kier alpha value is -2.95. The summed E-state index contributed by atoms with van der Waals surface area (Å²) >= 11 is 0. The minimum atomic E-state index is -0.200. The van der Waals surface area contributed by atoms with Crippen molar-refractivity contribution < 1.29 is 4.39 Å². The highest BCUT2D eigenvalue weighted by atomic mass is 19.1. The van der Waals surface area contributed by atoms with Crippen molar-refractivity contribution in [3.05, 3.63) is 75.7 Å². The quantitative estimate of drug-likeness (QED) is 0.556. The second-order valence-corrected chi connectivity index (χ2v) is 8.20. The molecule has 0 saturated carbocycles. The molecule has 0 atom stereocenters. The number of aryl methyl sites for hydroxylation is 4. The van der Waals surface area contributed by atoms with Crippen LogP contribution in [0.4, 0.5) is 21.8 Å². The van der Waals surface area contributed by atoms with Gasteiger partial charge in [0.2, 0.25) is 5.95 Å². The molecule has 30 heavy (non-hydrogen) atoms. The third-order valence-electron chi connectivity index (χ3n) is 5.84. The Morgan fingerprint density at radius 2 is 1.77 bits per heavy atom. The molecule has 0 unspecified atom stereocenters. The Bertz CT molecular complexity index is 1070. The zero-order chi connectivity index (χ0) is 21.4. The van der Waals surface area contributed by atoms with Gasteiger partial charge < -0.3 is 9.80 Å². The Kier molecular flexibility index (Phi) is 5.46. The van der Waals surface area contributed by atoms with Crippen LogP contribution in [0.2, 0.25) is 0 Å². The third kappa shape index (κ3) is 3.76. The minimum Gasteiger partial charge on any atom is -0.352 e. The summed E-state index contributed by atoms with van der Waals surface area (Å²) in [6.45, 7) is 12.9. The molecule has 5 heteroatoms. The summed E-state index contributed by atoms with van der Waals surface area (Å²) in [5.74, 6) is 1.51. The highest BCUT2D eigenvalue weighted by Gasteiger charge is 2.26. The Labute approximate surface area is 178 Å². The molecular formula is C25H29FN4. The van der Waals surface area contributed by atoms with Gasteiger partial charge in [-0.2, -0.15) is 4.98 Å². The molecule has 0 aliphatic carbocycles. The fourth-order valence-corrected chi connectivity index (χ4v) is 4.60. The molecule has 0 N–H and O–H groups in total. The smallest absolute Gasteiger partial charge is 0.232 e. The van der Waals surface area contributed by atoms with E-state index in [-0.39, 0.29) is 5.82 Å². The first kappa shape index (κ1) is 20.3. The number of anilines is 3. The maximum absolute atomic E-state index is 13.7. The van der Waals surface area contributed by atoms with Gasteiger partial charge in [0.25, 0.3) is 0 Å². The molecule has 2 aromatic carbocycles. The summed E-state index contributed by atoms with van der Waals surface area (Å²) < 4.78 is 13.7. The van der Waals surface area contributed by atoms with Crippen LogP contribution in [-0.2, 0) is 13.0 Å². The van der Waals surface area contributed by atoms with Crippen LogP contribution < -0.4 is 9.80 Å². The number of fused-ring (bicyclic) bond motifs is 1. The lowest BCUT2D eigenvalue weighted by Crippen LogP contribution is -2.24. The fourth-order valence-electron chi connectivity index (χ4n) is 4.60. The van der Waals surface area contributed by atoms with E-state index >= 15 is 0 Å².